The molecule has 2 heterocycles. The van der Waals surface area contributed by atoms with E-state index in [0.717, 1.165) is 30.6 Å². The predicted molar refractivity (Wildman–Crippen MR) is 104 cm³/mol. The molecule has 0 aromatic heterocycles. The summed E-state index contributed by atoms with van der Waals surface area (Å²) in [6, 6.07) is 6.84. The van der Waals surface area contributed by atoms with Gasteiger partial charge in [0.15, 0.2) is 0 Å². The number of piperidine rings is 1. The minimum Gasteiger partial charge on any atom is -0.353 e. The molecule has 28 heavy (non-hydrogen) atoms. The van der Waals surface area contributed by atoms with Crippen molar-refractivity contribution < 1.29 is 19.2 Å². The maximum absolute atomic E-state index is 12.5. The van der Waals surface area contributed by atoms with Crippen molar-refractivity contribution in [3.8, 4) is 0 Å². The normalized spacial score (nSPS) is 17.0. The molecule has 0 atom stereocenters. The van der Waals surface area contributed by atoms with E-state index in [0.29, 0.717) is 30.6 Å². The number of likely N-dealkylation sites (tertiary alicyclic amines) is 1. The first-order valence-electron chi connectivity index (χ1n) is 10.0. The molecule has 7 nitrogen and oxygen atoms in total. The lowest BCUT2D eigenvalue weighted by Gasteiger charge is -2.32. The summed E-state index contributed by atoms with van der Waals surface area (Å²) in [7, 11) is 0. The molecule has 2 aliphatic rings. The van der Waals surface area contributed by atoms with Crippen LogP contribution in [0.3, 0.4) is 0 Å². The van der Waals surface area contributed by atoms with Gasteiger partial charge in [0.25, 0.3) is 11.8 Å². The number of nitrogens with one attached hydrogen (secondary N) is 1. The molecule has 1 N–H and O–H groups in total. The Hall–Kier alpha value is -2.70. The molecule has 0 aliphatic carbocycles. The van der Waals surface area contributed by atoms with E-state index in [1.165, 1.54) is 0 Å². The molecular formula is C21H27N3O4. The van der Waals surface area contributed by atoms with Crippen LogP contribution in [-0.2, 0) is 9.59 Å². The van der Waals surface area contributed by atoms with E-state index in [2.05, 4.69) is 12.2 Å². The quantitative estimate of drug-likeness (QED) is 0.727. The maximum atomic E-state index is 12.5. The van der Waals surface area contributed by atoms with Crippen molar-refractivity contribution >= 4 is 23.6 Å². The molecule has 0 saturated carbocycles. The van der Waals surface area contributed by atoms with Gasteiger partial charge in [0.1, 0.15) is 0 Å². The van der Waals surface area contributed by atoms with Gasteiger partial charge in [-0.1, -0.05) is 25.5 Å². The lowest BCUT2D eigenvalue weighted by atomic mass is 10.0. The molecule has 0 radical (unpaired) electrons. The van der Waals surface area contributed by atoms with E-state index >= 15 is 0 Å². The lowest BCUT2D eigenvalue weighted by Crippen LogP contribution is -2.47. The molecule has 1 aromatic rings. The summed E-state index contributed by atoms with van der Waals surface area (Å²) < 4.78 is 0. The van der Waals surface area contributed by atoms with E-state index < -0.39 is 0 Å². The summed E-state index contributed by atoms with van der Waals surface area (Å²) in [4.78, 5) is 52.0. The number of carbonyl (C=O) groups is 4. The lowest BCUT2D eigenvalue weighted by molar-refractivity contribution is -0.132. The molecular weight excluding hydrogens is 358 g/mol. The molecule has 1 aromatic carbocycles. The van der Waals surface area contributed by atoms with Crippen molar-refractivity contribution in [3.63, 3.8) is 0 Å². The van der Waals surface area contributed by atoms with Crippen molar-refractivity contribution in [3.05, 3.63) is 35.4 Å². The number of rotatable bonds is 7. The fraction of sp³-hybridized carbons (Fsp3) is 0.524. The van der Waals surface area contributed by atoms with Gasteiger partial charge in [-0.3, -0.25) is 24.1 Å². The largest absolute Gasteiger partial charge is 0.353 e. The molecule has 150 valence electrons. The Balaban J connectivity index is 1.44. The molecule has 3 rings (SSSR count). The number of unbranched alkanes of at least 4 members (excludes halogenated alkanes) is 1. The van der Waals surface area contributed by atoms with Gasteiger partial charge < -0.3 is 10.2 Å². The van der Waals surface area contributed by atoms with Crippen molar-refractivity contribution in [2.75, 3.05) is 19.6 Å². The molecule has 7 heteroatoms. The molecule has 0 unspecified atom stereocenters. The topological polar surface area (TPSA) is 86.8 Å². The third-order valence-corrected chi connectivity index (χ3v) is 5.40. The number of hydrogen-bond acceptors (Lipinski definition) is 4. The van der Waals surface area contributed by atoms with Gasteiger partial charge in [0.2, 0.25) is 11.8 Å². The van der Waals surface area contributed by atoms with Crippen LogP contribution < -0.4 is 5.32 Å². The third-order valence-electron chi connectivity index (χ3n) is 5.40. The second-order valence-electron chi connectivity index (χ2n) is 7.38. The number of amides is 4. The Labute approximate surface area is 165 Å². The standard InChI is InChI=1S/C21H27N3O4/c1-2-3-8-18(25)22-15-9-12-23(13-10-15)19(26)11-14-24-20(27)16-6-4-5-7-17(16)21(24)28/h4-7,15H,2-3,8-14H2,1H3,(H,22,25). The fourth-order valence-corrected chi connectivity index (χ4v) is 3.72. The van der Waals surface area contributed by atoms with Gasteiger partial charge in [0.05, 0.1) is 11.1 Å². The number of imide groups is 1. The minimum atomic E-state index is -0.332. The van der Waals surface area contributed by atoms with Crippen LogP contribution >= 0.6 is 0 Å². The molecule has 1 fully saturated rings. The Kier molecular flexibility index (Phi) is 6.44. The summed E-state index contributed by atoms with van der Waals surface area (Å²) in [6.07, 6.45) is 4.02. The summed E-state index contributed by atoms with van der Waals surface area (Å²) in [5.74, 6) is -0.645. The first kappa shape index (κ1) is 20.0. The van der Waals surface area contributed by atoms with Crippen LogP contribution in [0.4, 0.5) is 0 Å². The van der Waals surface area contributed by atoms with Gasteiger partial charge in [-0.05, 0) is 31.4 Å². The van der Waals surface area contributed by atoms with Gasteiger partial charge in [0, 0.05) is 38.5 Å². The predicted octanol–water partition coefficient (Wildman–Crippen LogP) is 1.97. The first-order chi connectivity index (χ1) is 13.5. The second-order valence-corrected chi connectivity index (χ2v) is 7.38. The fourth-order valence-electron chi connectivity index (χ4n) is 3.72. The number of carbonyl (C=O) groups excluding carboxylic acids is 4. The Morgan fingerprint density at radius 2 is 1.64 bits per heavy atom. The van der Waals surface area contributed by atoms with Crippen molar-refractivity contribution in [2.24, 2.45) is 0 Å². The van der Waals surface area contributed by atoms with E-state index in [1.807, 2.05) is 0 Å². The zero-order valence-corrected chi connectivity index (χ0v) is 16.3. The average molecular weight is 385 g/mol. The number of benzene rings is 1. The monoisotopic (exact) mass is 385 g/mol. The highest BCUT2D eigenvalue weighted by molar-refractivity contribution is 6.21. The number of hydrogen-bond donors (Lipinski definition) is 1. The highest BCUT2D eigenvalue weighted by Crippen LogP contribution is 2.22. The van der Waals surface area contributed by atoms with Crippen LogP contribution in [0.1, 0.15) is 66.2 Å². The van der Waals surface area contributed by atoms with Crippen LogP contribution in [-0.4, -0.2) is 59.1 Å². The second kappa shape index (κ2) is 8.99. The van der Waals surface area contributed by atoms with E-state index in [-0.39, 0.29) is 42.6 Å². The first-order valence-corrected chi connectivity index (χ1v) is 10.0. The van der Waals surface area contributed by atoms with Crippen molar-refractivity contribution in [1.82, 2.24) is 15.1 Å². The molecule has 1 saturated heterocycles. The minimum absolute atomic E-state index is 0.0627. The Morgan fingerprint density at radius 3 is 2.21 bits per heavy atom. The van der Waals surface area contributed by atoms with Gasteiger partial charge in [-0.2, -0.15) is 0 Å². The summed E-state index contributed by atoms with van der Waals surface area (Å²) in [5, 5.41) is 3.04. The van der Waals surface area contributed by atoms with Crippen molar-refractivity contribution in [1.29, 1.82) is 0 Å². The Morgan fingerprint density at radius 1 is 1.04 bits per heavy atom. The van der Waals surface area contributed by atoms with E-state index in [1.54, 1.807) is 29.2 Å². The van der Waals surface area contributed by atoms with Crippen LogP contribution in [0, 0.1) is 0 Å². The Bertz CT molecular complexity index is 734. The summed E-state index contributed by atoms with van der Waals surface area (Å²) >= 11 is 0. The highest BCUT2D eigenvalue weighted by atomic mass is 16.2. The molecule has 4 amide bonds. The SMILES string of the molecule is CCCCC(=O)NC1CCN(C(=O)CCN2C(=O)c3ccccc3C2=O)CC1. The average Bonchev–Trinajstić information content (AvgIpc) is 2.95. The zero-order valence-electron chi connectivity index (χ0n) is 16.3. The van der Waals surface area contributed by atoms with Crippen molar-refractivity contribution in [2.45, 2.75) is 51.5 Å². The summed E-state index contributed by atoms with van der Waals surface area (Å²) in [6.45, 7) is 3.32. The van der Waals surface area contributed by atoms with Gasteiger partial charge in [-0.25, -0.2) is 0 Å². The van der Waals surface area contributed by atoms with E-state index in [4.69, 9.17) is 0 Å². The molecule has 2 aliphatic heterocycles. The van der Waals surface area contributed by atoms with Crippen LogP contribution in [0.2, 0.25) is 0 Å². The van der Waals surface area contributed by atoms with Crippen LogP contribution in [0.5, 0.6) is 0 Å². The number of fused-ring (bicyclic) bond motifs is 1. The van der Waals surface area contributed by atoms with Gasteiger partial charge in [-0.15, -0.1) is 0 Å². The van der Waals surface area contributed by atoms with Gasteiger partial charge >= 0.3 is 0 Å². The molecule has 0 spiro atoms. The number of nitrogens with zero attached hydrogens (tertiary/aromatic N) is 2. The third kappa shape index (κ3) is 4.40. The highest BCUT2D eigenvalue weighted by Gasteiger charge is 2.35. The van der Waals surface area contributed by atoms with Crippen LogP contribution in [0.15, 0.2) is 24.3 Å². The van der Waals surface area contributed by atoms with Crippen LogP contribution in [0.25, 0.3) is 0 Å². The maximum Gasteiger partial charge on any atom is 0.261 e. The molecule has 0 bridgehead atoms. The smallest absolute Gasteiger partial charge is 0.261 e. The zero-order chi connectivity index (χ0) is 20.1. The van der Waals surface area contributed by atoms with E-state index in [9.17, 15) is 19.2 Å². The summed E-state index contributed by atoms with van der Waals surface area (Å²) in [5.41, 5.74) is 0.805.